The van der Waals surface area contributed by atoms with Crippen molar-refractivity contribution in [3.63, 3.8) is 0 Å². The predicted octanol–water partition coefficient (Wildman–Crippen LogP) is 2.29. The normalized spacial score (nSPS) is 11.5. The minimum Gasteiger partial charge on any atom is -0.398 e. The van der Waals surface area contributed by atoms with Crippen LogP contribution in [0.4, 0.5) is 11.4 Å². The van der Waals surface area contributed by atoms with Gasteiger partial charge in [-0.3, -0.25) is 4.79 Å². The highest BCUT2D eigenvalue weighted by Crippen LogP contribution is 2.37. The molecule has 124 valence electrons. The highest BCUT2D eigenvalue weighted by Gasteiger charge is 2.19. The Kier molecular flexibility index (Phi) is 7.19. The highest BCUT2D eigenvalue weighted by atomic mass is 32.2. The van der Waals surface area contributed by atoms with Gasteiger partial charge in [0, 0.05) is 24.4 Å². The largest absolute Gasteiger partial charge is 0.398 e. The van der Waals surface area contributed by atoms with Gasteiger partial charge in [0.25, 0.3) is 0 Å². The maximum Gasteiger partial charge on any atom is 0.224 e. The summed E-state index contributed by atoms with van der Waals surface area (Å²) in [6.45, 7) is 7.43. The first kappa shape index (κ1) is 18.8. The van der Waals surface area contributed by atoms with Gasteiger partial charge >= 0.3 is 0 Å². The SMILES string of the molecule is CC(C)(C)c1cc(N)c(SCCN)c(NC(=O)CCCN)c1. The molecule has 0 bridgehead atoms. The first-order valence-corrected chi connectivity index (χ1v) is 8.55. The maximum absolute atomic E-state index is 12.0. The second-order valence-corrected chi connectivity index (χ2v) is 7.37. The van der Waals surface area contributed by atoms with E-state index >= 15 is 0 Å². The lowest BCUT2D eigenvalue weighted by atomic mass is 9.86. The molecular formula is C16H28N4OS. The van der Waals surface area contributed by atoms with Gasteiger partial charge in [0.15, 0.2) is 0 Å². The number of hydrogen-bond acceptors (Lipinski definition) is 5. The number of nitrogen functional groups attached to an aromatic ring is 1. The van der Waals surface area contributed by atoms with Crippen LogP contribution in [0.5, 0.6) is 0 Å². The zero-order chi connectivity index (χ0) is 16.8. The van der Waals surface area contributed by atoms with Crippen LogP contribution in [0.3, 0.4) is 0 Å². The number of benzene rings is 1. The zero-order valence-corrected chi connectivity index (χ0v) is 14.6. The summed E-state index contributed by atoms with van der Waals surface area (Å²) in [6, 6.07) is 3.99. The fraction of sp³-hybridized carbons (Fsp3) is 0.562. The van der Waals surface area contributed by atoms with Crippen LogP contribution in [0.2, 0.25) is 0 Å². The van der Waals surface area contributed by atoms with Crippen molar-refractivity contribution >= 4 is 29.0 Å². The van der Waals surface area contributed by atoms with Crippen LogP contribution >= 0.6 is 11.8 Å². The second kappa shape index (κ2) is 8.41. The van der Waals surface area contributed by atoms with Gasteiger partial charge in [-0.2, -0.15) is 0 Å². The number of hydrogen-bond donors (Lipinski definition) is 4. The Morgan fingerprint density at radius 1 is 1.23 bits per heavy atom. The van der Waals surface area contributed by atoms with Crippen LogP contribution in [-0.2, 0) is 10.2 Å². The maximum atomic E-state index is 12.0. The molecule has 6 heteroatoms. The summed E-state index contributed by atoms with van der Waals surface area (Å²) in [6.07, 6.45) is 1.09. The van der Waals surface area contributed by atoms with Gasteiger partial charge in [0.05, 0.1) is 10.6 Å². The second-order valence-electron chi connectivity index (χ2n) is 6.27. The molecule has 0 aliphatic rings. The van der Waals surface area contributed by atoms with Crippen LogP contribution in [-0.4, -0.2) is 24.7 Å². The molecule has 0 atom stereocenters. The Bertz CT molecular complexity index is 512. The van der Waals surface area contributed by atoms with Crippen LogP contribution < -0.4 is 22.5 Å². The molecule has 0 heterocycles. The van der Waals surface area contributed by atoms with E-state index < -0.39 is 0 Å². The quantitative estimate of drug-likeness (QED) is 0.455. The molecule has 0 unspecified atom stereocenters. The number of amides is 1. The summed E-state index contributed by atoms with van der Waals surface area (Å²) in [7, 11) is 0. The molecule has 22 heavy (non-hydrogen) atoms. The number of carbonyl (C=O) groups is 1. The highest BCUT2D eigenvalue weighted by molar-refractivity contribution is 7.99. The van der Waals surface area contributed by atoms with E-state index in [0.29, 0.717) is 31.6 Å². The first-order chi connectivity index (χ1) is 10.3. The van der Waals surface area contributed by atoms with E-state index in [1.54, 1.807) is 11.8 Å². The molecule has 1 amide bonds. The fourth-order valence-corrected chi connectivity index (χ4v) is 2.79. The average Bonchev–Trinajstić information content (AvgIpc) is 2.43. The van der Waals surface area contributed by atoms with Gasteiger partial charge in [-0.1, -0.05) is 20.8 Å². The Morgan fingerprint density at radius 2 is 1.91 bits per heavy atom. The van der Waals surface area contributed by atoms with E-state index in [1.165, 1.54) is 0 Å². The minimum absolute atomic E-state index is 0.0366. The molecule has 0 aromatic heterocycles. The van der Waals surface area contributed by atoms with E-state index in [-0.39, 0.29) is 11.3 Å². The number of anilines is 2. The van der Waals surface area contributed by atoms with Crippen molar-refractivity contribution in [2.75, 3.05) is 29.9 Å². The third-order valence-electron chi connectivity index (χ3n) is 3.23. The van der Waals surface area contributed by atoms with Crippen molar-refractivity contribution in [3.8, 4) is 0 Å². The van der Waals surface area contributed by atoms with Crippen LogP contribution in [0.25, 0.3) is 0 Å². The monoisotopic (exact) mass is 324 g/mol. The molecule has 0 spiro atoms. The lowest BCUT2D eigenvalue weighted by Crippen LogP contribution is -2.17. The summed E-state index contributed by atoms with van der Waals surface area (Å²) in [5.74, 6) is 0.718. The van der Waals surface area contributed by atoms with E-state index in [2.05, 4.69) is 26.1 Å². The molecule has 1 aromatic rings. The molecule has 0 radical (unpaired) electrons. The Hall–Kier alpha value is -1.24. The number of nitrogens with two attached hydrogens (primary N) is 3. The number of thioether (sulfide) groups is 1. The van der Waals surface area contributed by atoms with Gasteiger partial charge in [0.1, 0.15) is 0 Å². The summed E-state index contributed by atoms with van der Waals surface area (Å²) >= 11 is 1.57. The van der Waals surface area contributed by atoms with Crippen molar-refractivity contribution in [3.05, 3.63) is 17.7 Å². The van der Waals surface area contributed by atoms with Crippen LogP contribution in [0, 0.1) is 0 Å². The van der Waals surface area contributed by atoms with Crippen molar-refractivity contribution in [2.45, 2.75) is 43.9 Å². The predicted molar refractivity (Wildman–Crippen MR) is 96.3 cm³/mol. The van der Waals surface area contributed by atoms with Crippen molar-refractivity contribution in [1.82, 2.24) is 0 Å². The molecule has 0 aliphatic carbocycles. The van der Waals surface area contributed by atoms with Crippen LogP contribution in [0.15, 0.2) is 17.0 Å². The molecule has 1 rings (SSSR count). The molecule has 5 nitrogen and oxygen atoms in total. The fourth-order valence-electron chi connectivity index (χ4n) is 1.97. The Labute approximate surface area is 137 Å². The minimum atomic E-state index is -0.0398. The third kappa shape index (κ3) is 5.51. The molecule has 0 fully saturated rings. The third-order valence-corrected chi connectivity index (χ3v) is 4.41. The van der Waals surface area contributed by atoms with E-state index in [4.69, 9.17) is 17.2 Å². The van der Waals surface area contributed by atoms with Gasteiger partial charge in [-0.15, -0.1) is 11.8 Å². The Morgan fingerprint density at radius 3 is 2.45 bits per heavy atom. The van der Waals surface area contributed by atoms with Crippen molar-refractivity contribution in [1.29, 1.82) is 0 Å². The van der Waals surface area contributed by atoms with Gasteiger partial charge < -0.3 is 22.5 Å². The van der Waals surface area contributed by atoms with E-state index in [0.717, 1.165) is 21.9 Å². The summed E-state index contributed by atoms with van der Waals surface area (Å²) in [5.41, 5.74) is 19.7. The van der Waals surface area contributed by atoms with E-state index in [9.17, 15) is 4.79 Å². The van der Waals surface area contributed by atoms with Gasteiger partial charge in [-0.25, -0.2) is 0 Å². The standard InChI is InChI=1S/C16H28N4OS/c1-16(2,3)11-9-12(19)15(22-8-7-18)13(10-11)20-14(21)5-4-6-17/h9-10H,4-8,17-19H2,1-3H3,(H,20,21). The van der Waals surface area contributed by atoms with Crippen LogP contribution in [0.1, 0.15) is 39.2 Å². The number of rotatable bonds is 7. The zero-order valence-electron chi connectivity index (χ0n) is 13.7. The van der Waals surface area contributed by atoms with Gasteiger partial charge in [-0.05, 0) is 36.1 Å². The molecule has 0 saturated heterocycles. The molecule has 1 aromatic carbocycles. The summed E-state index contributed by atoms with van der Waals surface area (Å²) in [5, 5.41) is 2.97. The number of carbonyl (C=O) groups excluding carboxylic acids is 1. The first-order valence-electron chi connectivity index (χ1n) is 7.56. The number of nitrogens with one attached hydrogen (secondary N) is 1. The molecule has 7 N–H and O–H groups in total. The summed E-state index contributed by atoms with van der Waals surface area (Å²) < 4.78 is 0. The summed E-state index contributed by atoms with van der Waals surface area (Å²) in [4.78, 5) is 12.9. The van der Waals surface area contributed by atoms with Gasteiger partial charge in [0.2, 0.25) is 5.91 Å². The smallest absolute Gasteiger partial charge is 0.224 e. The lowest BCUT2D eigenvalue weighted by Gasteiger charge is -2.23. The molecular weight excluding hydrogens is 296 g/mol. The Balaban J connectivity index is 3.12. The topological polar surface area (TPSA) is 107 Å². The lowest BCUT2D eigenvalue weighted by molar-refractivity contribution is -0.116. The molecule has 0 aliphatic heterocycles. The van der Waals surface area contributed by atoms with Crippen molar-refractivity contribution < 1.29 is 4.79 Å². The average molecular weight is 324 g/mol. The van der Waals surface area contributed by atoms with E-state index in [1.807, 2.05) is 12.1 Å². The van der Waals surface area contributed by atoms with Crippen molar-refractivity contribution in [2.24, 2.45) is 11.5 Å². The molecule has 0 saturated carbocycles.